The Bertz CT molecular complexity index is 960. The molecule has 2 aliphatic heterocycles. The van der Waals surface area contributed by atoms with Crippen molar-refractivity contribution < 1.29 is 26.0 Å². The SMILES string of the molecule is [2H]C1([2H])C(=O)NC(=O)[C@@]([2H])(N2C(=O)c3c(C)c(C)c(C)c(N)c3C2=O)C1([2H])[2H]. The Hall–Kier alpha value is -2.70. The Morgan fingerprint density at radius 3 is 2.35 bits per heavy atom. The zero-order chi connectivity index (χ0) is 21.6. The monoisotopic (exact) mass is 320 g/mol. The van der Waals surface area contributed by atoms with Crippen LogP contribution in [0.3, 0.4) is 0 Å². The molecule has 120 valence electrons. The molecule has 1 aromatic rings. The Morgan fingerprint density at radius 1 is 1.09 bits per heavy atom. The first-order valence-corrected chi connectivity index (χ1v) is 6.78. The van der Waals surface area contributed by atoms with Gasteiger partial charge in [0.15, 0.2) is 0 Å². The zero-order valence-corrected chi connectivity index (χ0v) is 12.7. The van der Waals surface area contributed by atoms with Crippen LogP contribution < -0.4 is 11.1 Å². The fourth-order valence-electron chi connectivity index (χ4n) is 2.71. The van der Waals surface area contributed by atoms with Crippen molar-refractivity contribution in [3.63, 3.8) is 0 Å². The van der Waals surface area contributed by atoms with Gasteiger partial charge in [0.05, 0.1) is 12.5 Å². The second-order valence-corrected chi connectivity index (χ2v) is 5.37. The first-order chi connectivity index (χ1) is 12.6. The molecule has 0 saturated carbocycles. The Balaban J connectivity index is 2.31. The summed E-state index contributed by atoms with van der Waals surface area (Å²) in [6.45, 7) is 4.84. The van der Waals surface area contributed by atoms with E-state index in [9.17, 15) is 19.2 Å². The molecule has 7 nitrogen and oxygen atoms in total. The van der Waals surface area contributed by atoms with Gasteiger partial charge in [0.25, 0.3) is 11.8 Å². The molecule has 1 atom stereocenters. The van der Waals surface area contributed by atoms with Crippen LogP contribution in [0.15, 0.2) is 0 Å². The molecule has 4 amide bonds. The van der Waals surface area contributed by atoms with Gasteiger partial charge in [-0.25, -0.2) is 0 Å². The van der Waals surface area contributed by atoms with Crippen LogP contribution in [0.25, 0.3) is 0 Å². The molecule has 1 aromatic carbocycles. The number of rotatable bonds is 1. The molecule has 23 heavy (non-hydrogen) atoms. The van der Waals surface area contributed by atoms with Crippen LogP contribution in [0.2, 0.25) is 0 Å². The van der Waals surface area contributed by atoms with Gasteiger partial charge in [-0.05, 0) is 43.8 Å². The second kappa shape index (κ2) is 4.91. The van der Waals surface area contributed by atoms with Gasteiger partial charge < -0.3 is 5.73 Å². The molecule has 0 unspecified atom stereocenters. The third-order valence-corrected chi connectivity index (χ3v) is 4.22. The standard InChI is InChI=1S/C16H17N3O4/c1-6-7(2)11-12(13(17)8(6)3)16(23)19(15(11)22)9-4-5-10(20)18-14(9)21/h9H,4-5,17H2,1-3H3,(H,18,20,21)/t9-/m0/s1/i4D2,5D2,9D. The van der Waals surface area contributed by atoms with Crippen LogP contribution >= 0.6 is 0 Å². The number of anilines is 1. The number of nitrogen functional groups attached to an aromatic ring is 1. The quantitative estimate of drug-likeness (QED) is 0.581. The van der Waals surface area contributed by atoms with E-state index in [4.69, 9.17) is 12.6 Å². The smallest absolute Gasteiger partial charge is 0.264 e. The van der Waals surface area contributed by atoms with Crippen molar-refractivity contribution in [3.05, 3.63) is 27.8 Å². The van der Waals surface area contributed by atoms with Gasteiger partial charge in [0.1, 0.15) is 6.02 Å². The van der Waals surface area contributed by atoms with Crippen LogP contribution in [0, 0.1) is 20.8 Å². The van der Waals surface area contributed by atoms with Crippen molar-refractivity contribution in [1.29, 1.82) is 0 Å². The van der Waals surface area contributed by atoms with Crippen LogP contribution in [-0.2, 0) is 9.59 Å². The molecule has 0 aromatic heterocycles. The molecular formula is C16H17N3O4. The zero-order valence-electron chi connectivity index (χ0n) is 17.7. The second-order valence-electron chi connectivity index (χ2n) is 5.37. The number of nitrogens with zero attached hydrogens (tertiary/aromatic N) is 1. The minimum Gasteiger partial charge on any atom is -0.398 e. The molecule has 3 rings (SSSR count). The number of carbonyl (C=O) groups is 4. The largest absolute Gasteiger partial charge is 0.398 e. The van der Waals surface area contributed by atoms with E-state index in [-0.39, 0.29) is 21.7 Å². The van der Waals surface area contributed by atoms with Crippen LogP contribution in [-0.4, -0.2) is 34.5 Å². The molecule has 0 spiro atoms. The number of benzene rings is 1. The lowest BCUT2D eigenvalue weighted by atomic mass is 9.93. The Morgan fingerprint density at radius 2 is 1.70 bits per heavy atom. The van der Waals surface area contributed by atoms with Gasteiger partial charge in [-0.1, -0.05) is 0 Å². The van der Waals surface area contributed by atoms with E-state index in [2.05, 4.69) is 0 Å². The van der Waals surface area contributed by atoms with Crippen molar-refractivity contribution in [3.8, 4) is 0 Å². The highest BCUT2D eigenvalue weighted by atomic mass is 16.2. The summed E-state index contributed by atoms with van der Waals surface area (Å²) in [4.78, 5) is 50.4. The maximum atomic E-state index is 13.0. The van der Waals surface area contributed by atoms with Crippen molar-refractivity contribution in [2.45, 2.75) is 39.5 Å². The molecule has 7 heteroatoms. The summed E-state index contributed by atoms with van der Waals surface area (Å²) in [5, 5.41) is 1.55. The van der Waals surface area contributed by atoms with E-state index in [1.165, 1.54) is 0 Å². The van der Waals surface area contributed by atoms with Gasteiger partial charge in [0.2, 0.25) is 11.8 Å². The van der Waals surface area contributed by atoms with Gasteiger partial charge in [-0.15, -0.1) is 0 Å². The van der Waals surface area contributed by atoms with E-state index >= 15 is 0 Å². The molecule has 0 aliphatic carbocycles. The Labute approximate surface area is 139 Å². The van der Waals surface area contributed by atoms with Gasteiger partial charge >= 0.3 is 0 Å². The molecular weight excluding hydrogens is 298 g/mol. The molecule has 1 saturated heterocycles. The molecule has 2 aliphatic rings. The average molecular weight is 320 g/mol. The normalized spacial score (nSPS) is 31.6. The highest BCUT2D eigenvalue weighted by molar-refractivity contribution is 6.26. The number of amides is 4. The predicted octanol–water partition coefficient (Wildman–Crippen LogP) is 0.595. The molecule has 0 radical (unpaired) electrons. The summed E-state index contributed by atoms with van der Waals surface area (Å²) >= 11 is 0. The van der Waals surface area contributed by atoms with E-state index in [0.29, 0.717) is 16.7 Å². The first-order valence-electron chi connectivity index (χ1n) is 9.28. The molecule has 3 N–H and O–H groups in total. The number of imide groups is 2. The van der Waals surface area contributed by atoms with Crippen molar-refractivity contribution in [2.75, 3.05) is 5.73 Å². The third-order valence-electron chi connectivity index (χ3n) is 4.22. The van der Waals surface area contributed by atoms with Crippen molar-refractivity contribution >= 4 is 29.3 Å². The fraction of sp³-hybridized carbons (Fsp3) is 0.375. The number of fused-ring (bicyclic) bond motifs is 1. The lowest BCUT2D eigenvalue weighted by molar-refractivity contribution is -0.136. The van der Waals surface area contributed by atoms with Crippen LogP contribution in [0.4, 0.5) is 5.69 Å². The van der Waals surface area contributed by atoms with E-state index in [1.807, 2.05) is 0 Å². The summed E-state index contributed by atoms with van der Waals surface area (Å²) in [6, 6.07) is -3.36. The number of carbonyl (C=O) groups excluding carboxylic acids is 4. The van der Waals surface area contributed by atoms with Crippen LogP contribution in [0.5, 0.6) is 0 Å². The minimum absolute atomic E-state index is 0.0431. The Kier molecular flexibility index (Phi) is 2.16. The lowest BCUT2D eigenvalue weighted by Crippen LogP contribution is -2.54. The predicted molar refractivity (Wildman–Crippen MR) is 81.7 cm³/mol. The summed E-state index contributed by atoms with van der Waals surface area (Å²) < 4.78 is 39.9. The number of nitrogens with two attached hydrogens (primary N) is 1. The summed E-state index contributed by atoms with van der Waals surface area (Å²) in [5.74, 6) is -5.55. The number of hydrogen-bond donors (Lipinski definition) is 2. The molecule has 2 heterocycles. The van der Waals surface area contributed by atoms with Crippen molar-refractivity contribution in [2.24, 2.45) is 0 Å². The third kappa shape index (κ3) is 1.96. The van der Waals surface area contributed by atoms with Gasteiger partial charge in [0, 0.05) is 17.5 Å². The van der Waals surface area contributed by atoms with E-state index in [0.717, 1.165) is 0 Å². The number of hydrogen-bond acceptors (Lipinski definition) is 5. The van der Waals surface area contributed by atoms with Crippen molar-refractivity contribution in [1.82, 2.24) is 10.2 Å². The topological polar surface area (TPSA) is 110 Å². The van der Waals surface area contributed by atoms with Crippen LogP contribution in [0.1, 0.15) is 57.0 Å². The van der Waals surface area contributed by atoms with Gasteiger partial charge in [-0.2, -0.15) is 0 Å². The summed E-state index contributed by atoms with van der Waals surface area (Å²) in [5.41, 5.74) is 7.01. The summed E-state index contributed by atoms with van der Waals surface area (Å²) in [6.07, 6.45) is -6.88. The first kappa shape index (κ1) is 10.1. The lowest BCUT2D eigenvalue weighted by Gasteiger charge is -2.27. The fourth-order valence-corrected chi connectivity index (χ4v) is 2.71. The van der Waals surface area contributed by atoms with E-state index in [1.54, 1.807) is 26.1 Å². The minimum atomic E-state index is -3.53. The average Bonchev–Trinajstić information content (AvgIpc) is 2.86. The molecule has 0 bridgehead atoms. The summed E-state index contributed by atoms with van der Waals surface area (Å²) in [7, 11) is 0. The number of nitrogens with one attached hydrogen (secondary N) is 1. The maximum Gasteiger partial charge on any atom is 0.264 e. The molecule has 1 fully saturated rings. The highest BCUT2D eigenvalue weighted by Gasteiger charge is 2.46. The maximum absolute atomic E-state index is 13.0. The number of piperidine rings is 1. The van der Waals surface area contributed by atoms with Gasteiger partial charge in [-0.3, -0.25) is 29.4 Å². The van der Waals surface area contributed by atoms with E-state index < -0.39 is 42.4 Å². The highest BCUT2D eigenvalue weighted by Crippen LogP contribution is 2.37.